The average molecular weight is 363 g/mol. The summed E-state index contributed by atoms with van der Waals surface area (Å²) in [5.41, 5.74) is 0.985. The van der Waals surface area contributed by atoms with Crippen LogP contribution in [0.4, 0.5) is 5.69 Å². The Labute approximate surface area is 151 Å². The SMILES string of the molecule is COc1cc(OC)c(NC(=O)CCNC(=O)c2ccccc2)cc1Cl. The summed E-state index contributed by atoms with van der Waals surface area (Å²) in [7, 11) is 2.98. The zero-order valence-corrected chi connectivity index (χ0v) is 14.7. The number of benzene rings is 2. The lowest BCUT2D eigenvalue weighted by molar-refractivity contribution is -0.116. The van der Waals surface area contributed by atoms with Gasteiger partial charge in [0.2, 0.25) is 5.91 Å². The molecular formula is C18H19ClN2O4. The summed E-state index contributed by atoms with van der Waals surface area (Å²) in [6.45, 7) is 0.214. The second-order valence-corrected chi connectivity index (χ2v) is 5.51. The molecule has 0 aromatic heterocycles. The van der Waals surface area contributed by atoms with Gasteiger partial charge in [-0.1, -0.05) is 29.8 Å². The van der Waals surface area contributed by atoms with Gasteiger partial charge in [-0.3, -0.25) is 9.59 Å². The van der Waals surface area contributed by atoms with E-state index in [1.807, 2.05) is 6.07 Å². The van der Waals surface area contributed by atoms with Crippen LogP contribution < -0.4 is 20.1 Å². The third-order valence-electron chi connectivity index (χ3n) is 3.42. The van der Waals surface area contributed by atoms with Crippen LogP contribution in [0.15, 0.2) is 42.5 Å². The molecule has 0 radical (unpaired) electrons. The third-order valence-corrected chi connectivity index (χ3v) is 3.72. The van der Waals surface area contributed by atoms with Crippen LogP contribution in [0.5, 0.6) is 11.5 Å². The number of hydrogen-bond donors (Lipinski definition) is 2. The van der Waals surface area contributed by atoms with E-state index in [2.05, 4.69) is 10.6 Å². The van der Waals surface area contributed by atoms with Crippen LogP contribution in [-0.2, 0) is 4.79 Å². The highest BCUT2D eigenvalue weighted by molar-refractivity contribution is 6.32. The lowest BCUT2D eigenvalue weighted by Crippen LogP contribution is -2.27. The van der Waals surface area contributed by atoms with Crippen molar-refractivity contribution in [3.05, 3.63) is 53.1 Å². The molecule has 2 N–H and O–H groups in total. The summed E-state index contributed by atoms with van der Waals surface area (Å²) in [6, 6.07) is 12.0. The molecule has 2 rings (SSSR count). The highest BCUT2D eigenvalue weighted by Crippen LogP contribution is 2.35. The van der Waals surface area contributed by atoms with E-state index in [1.54, 1.807) is 36.4 Å². The summed E-state index contributed by atoms with van der Waals surface area (Å²) in [6.07, 6.45) is 0.116. The molecule has 2 aromatic carbocycles. The minimum absolute atomic E-state index is 0.116. The van der Waals surface area contributed by atoms with Crippen LogP contribution >= 0.6 is 11.6 Å². The fourth-order valence-electron chi connectivity index (χ4n) is 2.15. The Morgan fingerprint density at radius 2 is 1.72 bits per heavy atom. The summed E-state index contributed by atoms with van der Waals surface area (Å²) >= 11 is 6.07. The molecule has 2 aromatic rings. The standard InChI is InChI=1S/C18H19ClN2O4/c1-24-15-11-16(25-2)14(10-13(15)19)21-17(22)8-9-20-18(23)12-6-4-3-5-7-12/h3-7,10-11H,8-9H2,1-2H3,(H,20,23)(H,21,22). The topological polar surface area (TPSA) is 76.7 Å². The number of hydrogen-bond acceptors (Lipinski definition) is 4. The van der Waals surface area contributed by atoms with Crippen LogP contribution in [0.2, 0.25) is 5.02 Å². The molecule has 0 aliphatic carbocycles. The number of anilines is 1. The minimum atomic E-state index is -0.270. The second kappa shape index (κ2) is 8.94. The van der Waals surface area contributed by atoms with Crippen LogP contribution in [0.3, 0.4) is 0 Å². The number of ether oxygens (including phenoxy) is 2. The van der Waals surface area contributed by atoms with Gasteiger partial charge in [0.25, 0.3) is 5.91 Å². The zero-order chi connectivity index (χ0) is 18.2. The second-order valence-electron chi connectivity index (χ2n) is 5.11. The largest absolute Gasteiger partial charge is 0.495 e. The Bertz CT molecular complexity index is 750. The van der Waals surface area contributed by atoms with Crippen molar-refractivity contribution < 1.29 is 19.1 Å². The molecular weight excluding hydrogens is 344 g/mol. The predicted molar refractivity (Wildman–Crippen MR) is 96.6 cm³/mol. The summed E-state index contributed by atoms with van der Waals surface area (Å²) in [5, 5.41) is 5.77. The molecule has 0 unspecified atom stereocenters. The molecule has 0 fully saturated rings. The van der Waals surface area contributed by atoms with Crippen molar-refractivity contribution in [2.45, 2.75) is 6.42 Å². The Balaban J connectivity index is 1.90. The molecule has 0 aliphatic heterocycles. The third kappa shape index (κ3) is 5.12. The molecule has 0 saturated carbocycles. The summed E-state index contributed by atoms with van der Waals surface area (Å²) in [4.78, 5) is 24.0. The first-order chi connectivity index (χ1) is 12.0. The highest BCUT2D eigenvalue weighted by Gasteiger charge is 2.13. The minimum Gasteiger partial charge on any atom is -0.495 e. The van der Waals surface area contributed by atoms with E-state index in [4.69, 9.17) is 21.1 Å². The van der Waals surface area contributed by atoms with Gasteiger partial charge in [-0.05, 0) is 18.2 Å². The van der Waals surface area contributed by atoms with Crippen LogP contribution in [0.25, 0.3) is 0 Å². The van der Waals surface area contributed by atoms with Crippen molar-refractivity contribution in [1.82, 2.24) is 5.32 Å². The number of nitrogens with one attached hydrogen (secondary N) is 2. The summed E-state index contributed by atoms with van der Waals surface area (Å²) in [5.74, 6) is 0.390. The van der Waals surface area contributed by atoms with Gasteiger partial charge in [0.05, 0.1) is 24.9 Å². The lowest BCUT2D eigenvalue weighted by Gasteiger charge is -2.13. The Morgan fingerprint density at radius 3 is 2.36 bits per heavy atom. The highest BCUT2D eigenvalue weighted by atomic mass is 35.5. The van der Waals surface area contributed by atoms with E-state index in [0.717, 1.165) is 0 Å². The molecule has 0 saturated heterocycles. The Morgan fingerprint density at radius 1 is 1.04 bits per heavy atom. The smallest absolute Gasteiger partial charge is 0.251 e. The van der Waals surface area contributed by atoms with Crippen LogP contribution in [0.1, 0.15) is 16.8 Å². The van der Waals surface area contributed by atoms with Crippen molar-refractivity contribution >= 4 is 29.1 Å². The molecule has 0 atom stereocenters. The van der Waals surface area contributed by atoms with Crippen molar-refractivity contribution in [2.75, 3.05) is 26.1 Å². The van der Waals surface area contributed by atoms with E-state index in [1.165, 1.54) is 14.2 Å². The number of amides is 2. The average Bonchev–Trinajstić information content (AvgIpc) is 2.62. The zero-order valence-electron chi connectivity index (χ0n) is 14.0. The molecule has 6 nitrogen and oxygen atoms in total. The lowest BCUT2D eigenvalue weighted by atomic mass is 10.2. The molecule has 0 aliphatic rings. The van der Waals surface area contributed by atoms with Gasteiger partial charge in [0.15, 0.2) is 0 Å². The maximum Gasteiger partial charge on any atom is 0.251 e. The Hall–Kier alpha value is -2.73. The van der Waals surface area contributed by atoms with E-state index in [0.29, 0.717) is 27.8 Å². The molecule has 25 heavy (non-hydrogen) atoms. The monoisotopic (exact) mass is 362 g/mol. The number of halogens is 1. The first-order valence-electron chi connectivity index (χ1n) is 7.59. The fourth-order valence-corrected chi connectivity index (χ4v) is 2.39. The normalized spacial score (nSPS) is 10.0. The van der Waals surface area contributed by atoms with Gasteiger partial charge in [-0.15, -0.1) is 0 Å². The van der Waals surface area contributed by atoms with Gasteiger partial charge < -0.3 is 20.1 Å². The molecule has 0 heterocycles. The molecule has 7 heteroatoms. The molecule has 2 amide bonds. The van der Waals surface area contributed by atoms with Gasteiger partial charge in [0, 0.05) is 24.6 Å². The molecule has 0 spiro atoms. The fraction of sp³-hybridized carbons (Fsp3) is 0.222. The van der Waals surface area contributed by atoms with Crippen molar-refractivity contribution in [3.63, 3.8) is 0 Å². The van der Waals surface area contributed by atoms with E-state index >= 15 is 0 Å². The first kappa shape index (κ1) is 18.6. The van der Waals surface area contributed by atoms with Gasteiger partial charge >= 0.3 is 0 Å². The maximum atomic E-state index is 12.1. The van der Waals surface area contributed by atoms with E-state index < -0.39 is 0 Å². The quantitative estimate of drug-likeness (QED) is 0.793. The summed E-state index contributed by atoms with van der Waals surface area (Å²) < 4.78 is 10.3. The van der Waals surface area contributed by atoms with Crippen molar-refractivity contribution in [2.24, 2.45) is 0 Å². The molecule has 0 bridgehead atoms. The maximum absolute atomic E-state index is 12.1. The van der Waals surface area contributed by atoms with E-state index in [-0.39, 0.29) is 24.8 Å². The molecule has 132 valence electrons. The van der Waals surface area contributed by atoms with Crippen molar-refractivity contribution in [1.29, 1.82) is 0 Å². The van der Waals surface area contributed by atoms with E-state index in [9.17, 15) is 9.59 Å². The van der Waals surface area contributed by atoms with Gasteiger partial charge in [0.1, 0.15) is 11.5 Å². The number of rotatable bonds is 7. The van der Waals surface area contributed by atoms with Crippen LogP contribution in [0, 0.1) is 0 Å². The van der Waals surface area contributed by atoms with Crippen LogP contribution in [-0.4, -0.2) is 32.6 Å². The number of carbonyl (C=O) groups excluding carboxylic acids is 2. The van der Waals surface area contributed by atoms with Gasteiger partial charge in [-0.25, -0.2) is 0 Å². The van der Waals surface area contributed by atoms with Gasteiger partial charge in [-0.2, -0.15) is 0 Å². The number of carbonyl (C=O) groups is 2. The predicted octanol–water partition coefficient (Wildman–Crippen LogP) is 3.12. The Kier molecular flexibility index (Phi) is 6.65. The first-order valence-corrected chi connectivity index (χ1v) is 7.97. The van der Waals surface area contributed by atoms with Crippen molar-refractivity contribution in [3.8, 4) is 11.5 Å². The number of methoxy groups -OCH3 is 2.